The van der Waals surface area contributed by atoms with Gasteiger partial charge >= 0.3 is 0 Å². The molecule has 2 N–H and O–H groups in total. The molecule has 0 aliphatic carbocycles. The molecule has 3 amide bonds. The zero-order valence-electron chi connectivity index (χ0n) is 18.3. The van der Waals surface area contributed by atoms with Crippen molar-refractivity contribution in [2.45, 2.75) is 19.0 Å². The standard InChI is InChI=1S/C25H20FIN4O3S/c26-18-8-4-7-17(13-18)23(33)29-31-21(14-22(32)28-20-11-9-19(27)10-12-20)24(34)30(25(31)35)15-16-5-2-1-3-6-16/h1-13,21H,14-15H2,(H,28,32)(H,29,33)/t21-/m0/s1. The highest BCUT2D eigenvalue weighted by Crippen LogP contribution is 2.23. The summed E-state index contributed by atoms with van der Waals surface area (Å²) in [7, 11) is 0. The zero-order valence-corrected chi connectivity index (χ0v) is 21.3. The van der Waals surface area contributed by atoms with Crippen molar-refractivity contribution in [3.05, 3.63) is 99.4 Å². The van der Waals surface area contributed by atoms with E-state index in [1.165, 1.54) is 28.1 Å². The Morgan fingerprint density at radius 1 is 1.00 bits per heavy atom. The Kier molecular flexibility index (Phi) is 7.71. The fraction of sp³-hybridized carbons (Fsp3) is 0.120. The van der Waals surface area contributed by atoms with Crippen molar-refractivity contribution in [2.24, 2.45) is 0 Å². The fourth-order valence-electron chi connectivity index (χ4n) is 3.59. The smallest absolute Gasteiger partial charge is 0.269 e. The molecule has 3 aromatic carbocycles. The van der Waals surface area contributed by atoms with Crippen LogP contribution in [0.15, 0.2) is 78.9 Å². The van der Waals surface area contributed by atoms with E-state index in [0.29, 0.717) is 5.69 Å². The summed E-state index contributed by atoms with van der Waals surface area (Å²) < 4.78 is 14.6. The van der Waals surface area contributed by atoms with Crippen LogP contribution in [0.5, 0.6) is 0 Å². The lowest BCUT2D eigenvalue weighted by molar-refractivity contribution is -0.131. The quantitative estimate of drug-likeness (QED) is 0.315. The Bertz CT molecular complexity index is 1270. The molecule has 1 atom stereocenters. The van der Waals surface area contributed by atoms with Crippen LogP contribution in [0.3, 0.4) is 0 Å². The third-order valence-corrected chi connectivity index (χ3v) is 6.44. The summed E-state index contributed by atoms with van der Waals surface area (Å²) >= 11 is 7.68. The lowest BCUT2D eigenvalue weighted by Gasteiger charge is -2.24. The number of anilines is 1. The molecule has 1 aliphatic heterocycles. The third kappa shape index (κ3) is 6.01. The number of carbonyl (C=O) groups is 3. The van der Waals surface area contributed by atoms with Crippen LogP contribution in [-0.2, 0) is 16.1 Å². The second-order valence-corrected chi connectivity index (χ2v) is 9.40. The zero-order chi connectivity index (χ0) is 24.9. The molecule has 3 aromatic rings. The van der Waals surface area contributed by atoms with Gasteiger partial charge in [0.25, 0.3) is 11.8 Å². The maximum Gasteiger partial charge on any atom is 0.269 e. The Morgan fingerprint density at radius 3 is 2.40 bits per heavy atom. The predicted octanol–water partition coefficient (Wildman–Crippen LogP) is 4.10. The minimum Gasteiger partial charge on any atom is -0.326 e. The highest BCUT2D eigenvalue weighted by Gasteiger charge is 2.44. The van der Waals surface area contributed by atoms with Crippen LogP contribution in [0.2, 0.25) is 0 Å². The van der Waals surface area contributed by atoms with Gasteiger partial charge in [0.15, 0.2) is 5.11 Å². The number of carbonyl (C=O) groups excluding carboxylic acids is 3. The van der Waals surface area contributed by atoms with Gasteiger partial charge in [-0.15, -0.1) is 0 Å². The summed E-state index contributed by atoms with van der Waals surface area (Å²) in [5.41, 5.74) is 4.07. The Hall–Kier alpha value is -3.38. The van der Waals surface area contributed by atoms with Gasteiger partial charge in [-0.3, -0.25) is 24.7 Å². The van der Waals surface area contributed by atoms with Gasteiger partial charge in [-0.2, -0.15) is 0 Å². The highest BCUT2D eigenvalue weighted by atomic mass is 127. The molecule has 1 heterocycles. The van der Waals surface area contributed by atoms with Gasteiger partial charge in [0.2, 0.25) is 5.91 Å². The van der Waals surface area contributed by atoms with E-state index in [2.05, 4.69) is 33.3 Å². The molecule has 1 saturated heterocycles. The van der Waals surface area contributed by atoms with Gasteiger partial charge in [0.05, 0.1) is 13.0 Å². The van der Waals surface area contributed by atoms with E-state index in [-0.39, 0.29) is 23.6 Å². The minimum atomic E-state index is -1.06. The average molecular weight is 602 g/mol. The molecule has 0 aromatic heterocycles. The van der Waals surface area contributed by atoms with Crippen LogP contribution in [0, 0.1) is 9.39 Å². The van der Waals surface area contributed by atoms with E-state index < -0.39 is 29.6 Å². The molecule has 0 radical (unpaired) electrons. The number of halogens is 2. The number of hydrazine groups is 1. The largest absolute Gasteiger partial charge is 0.326 e. The minimum absolute atomic E-state index is 0.0515. The van der Waals surface area contributed by atoms with E-state index in [1.807, 2.05) is 42.5 Å². The Morgan fingerprint density at radius 2 is 1.71 bits per heavy atom. The molecule has 178 valence electrons. The molecule has 0 spiro atoms. The van der Waals surface area contributed by atoms with Crippen molar-refractivity contribution in [1.29, 1.82) is 0 Å². The van der Waals surface area contributed by atoms with E-state index >= 15 is 0 Å². The first-order valence-electron chi connectivity index (χ1n) is 10.6. The van der Waals surface area contributed by atoms with Crippen molar-refractivity contribution in [1.82, 2.24) is 15.3 Å². The topological polar surface area (TPSA) is 81.8 Å². The molecular formula is C25H20FIN4O3S. The van der Waals surface area contributed by atoms with Crippen molar-refractivity contribution in [3.8, 4) is 0 Å². The maximum atomic E-state index is 13.6. The number of benzene rings is 3. The van der Waals surface area contributed by atoms with Gasteiger partial charge in [0.1, 0.15) is 11.9 Å². The lowest BCUT2D eigenvalue weighted by Crippen LogP contribution is -2.49. The second kappa shape index (κ2) is 10.9. The van der Waals surface area contributed by atoms with Crippen LogP contribution in [0.1, 0.15) is 22.3 Å². The van der Waals surface area contributed by atoms with Gasteiger partial charge < -0.3 is 5.32 Å². The normalized spacial score (nSPS) is 15.3. The SMILES string of the molecule is O=C(C[C@H]1C(=O)N(Cc2ccccc2)C(=S)N1NC(=O)c1cccc(F)c1)Nc1ccc(I)cc1. The van der Waals surface area contributed by atoms with Gasteiger partial charge in [-0.25, -0.2) is 9.40 Å². The highest BCUT2D eigenvalue weighted by molar-refractivity contribution is 14.1. The summed E-state index contributed by atoms with van der Waals surface area (Å²) in [6.07, 6.45) is -0.250. The number of nitrogens with one attached hydrogen (secondary N) is 2. The lowest BCUT2D eigenvalue weighted by atomic mass is 10.1. The van der Waals surface area contributed by atoms with Crippen LogP contribution in [-0.4, -0.2) is 38.8 Å². The van der Waals surface area contributed by atoms with Crippen LogP contribution < -0.4 is 10.7 Å². The number of rotatable bonds is 7. The first kappa shape index (κ1) is 24.7. The molecule has 1 aliphatic rings. The predicted molar refractivity (Wildman–Crippen MR) is 141 cm³/mol. The first-order valence-corrected chi connectivity index (χ1v) is 12.1. The molecule has 1 fully saturated rings. The van der Waals surface area contributed by atoms with Crippen molar-refractivity contribution in [2.75, 3.05) is 5.32 Å². The van der Waals surface area contributed by atoms with Gasteiger partial charge in [0, 0.05) is 14.8 Å². The van der Waals surface area contributed by atoms with Gasteiger partial charge in [-0.1, -0.05) is 36.4 Å². The molecule has 7 nitrogen and oxygen atoms in total. The molecule has 0 saturated carbocycles. The molecule has 0 bridgehead atoms. The number of hydrogen-bond donors (Lipinski definition) is 2. The maximum absolute atomic E-state index is 13.6. The molecule has 10 heteroatoms. The van der Waals surface area contributed by atoms with E-state index in [1.54, 1.807) is 12.1 Å². The Labute approximate surface area is 220 Å². The van der Waals surface area contributed by atoms with Crippen molar-refractivity contribution in [3.63, 3.8) is 0 Å². The summed E-state index contributed by atoms with van der Waals surface area (Å²) in [5, 5.41) is 4.02. The monoisotopic (exact) mass is 602 g/mol. The summed E-state index contributed by atoms with van der Waals surface area (Å²) in [6.45, 7) is 0.181. The summed E-state index contributed by atoms with van der Waals surface area (Å²) in [5.74, 6) is -2.06. The summed E-state index contributed by atoms with van der Waals surface area (Å²) in [4.78, 5) is 40.3. The third-order valence-electron chi connectivity index (χ3n) is 5.30. The first-order chi connectivity index (χ1) is 16.8. The molecule has 4 rings (SSSR count). The Balaban J connectivity index is 1.56. The van der Waals surface area contributed by atoms with E-state index in [9.17, 15) is 18.8 Å². The average Bonchev–Trinajstić information content (AvgIpc) is 3.05. The second-order valence-electron chi connectivity index (χ2n) is 7.79. The number of thiocarbonyl (C=S) groups is 1. The van der Waals surface area contributed by atoms with Gasteiger partial charge in [-0.05, 0) is 82.8 Å². The van der Waals surface area contributed by atoms with Crippen LogP contribution >= 0.6 is 34.8 Å². The van der Waals surface area contributed by atoms with Crippen LogP contribution in [0.25, 0.3) is 0 Å². The fourth-order valence-corrected chi connectivity index (χ4v) is 4.28. The van der Waals surface area contributed by atoms with Crippen molar-refractivity contribution >= 4 is 63.3 Å². The molecular weight excluding hydrogens is 582 g/mol. The summed E-state index contributed by atoms with van der Waals surface area (Å²) in [6, 6.07) is 20.5. The van der Waals surface area contributed by atoms with E-state index in [4.69, 9.17) is 12.2 Å². The number of amides is 3. The van der Waals surface area contributed by atoms with Crippen molar-refractivity contribution < 1.29 is 18.8 Å². The van der Waals surface area contributed by atoms with E-state index in [0.717, 1.165) is 15.2 Å². The molecule has 0 unspecified atom stereocenters. The van der Waals surface area contributed by atoms with Crippen LogP contribution in [0.4, 0.5) is 10.1 Å². The number of nitrogens with zero attached hydrogens (tertiary/aromatic N) is 2. The molecule has 35 heavy (non-hydrogen) atoms. The number of hydrogen-bond acceptors (Lipinski definition) is 4.